The average Bonchev–Trinajstić information content (AvgIpc) is 2.92. The molecule has 24 heavy (non-hydrogen) atoms. The van der Waals surface area contributed by atoms with Crippen LogP contribution in [0.3, 0.4) is 0 Å². The number of ether oxygens (including phenoxy) is 1. The minimum atomic E-state index is -3.88. The van der Waals surface area contributed by atoms with E-state index >= 15 is 0 Å². The molecule has 9 nitrogen and oxygen atoms in total. The number of carbonyl (C=O) groups excluding carboxylic acids is 1. The Balaban J connectivity index is 2.40. The van der Waals surface area contributed by atoms with Crippen LogP contribution in [-0.2, 0) is 16.9 Å². The van der Waals surface area contributed by atoms with Crippen LogP contribution in [0.15, 0.2) is 23.1 Å². The minimum absolute atomic E-state index is 0.0350. The molecule has 0 radical (unpaired) electrons. The van der Waals surface area contributed by atoms with Crippen LogP contribution in [0.5, 0.6) is 5.75 Å². The van der Waals surface area contributed by atoms with Gasteiger partial charge >= 0.3 is 6.61 Å². The highest BCUT2D eigenvalue weighted by Crippen LogP contribution is 2.28. The molecule has 0 spiro atoms. The number of alkyl halides is 2. The van der Waals surface area contributed by atoms with Crippen LogP contribution in [0.4, 0.5) is 14.7 Å². The number of aryl methyl sites for hydroxylation is 1. The monoisotopic (exact) mass is 361 g/mol. The molecule has 0 aliphatic rings. The largest absolute Gasteiger partial charge is 0.433 e. The molecule has 0 atom stereocenters. The van der Waals surface area contributed by atoms with Crippen molar-refractivity contribution in [3.8, 4) is 5.75 Å². The number of hydrogen-bond acceptors (Lipinski definition) is 7. The molecule has 0 fully saturated rings. The zero-order valence-corrected chi connectivity index (χ0v) is 13.4. The van der Waals surface area contributed by atoms with E-state index in [1.54, 1.807) is 0 Å². The predicted molar refractivity (Wildman–Crippen MR) is 77.6 cm³/mol. The number of halogens is 2. The highest BCUT2D eigenvalue weighted by molar-refractivity contribution is 7.91. The van der Waals surface area contributed by atoms with Gasteiger partial charge in [0.05, 0.1) is 5.75 Å². The number of anilines is 1. The Morgan fingerprint density at radius 1 is 1.42 bits per heavy atom. The Morgan fingerprint density at radius 2 is 2.12 bits per heavy atom. The number of nitrogens with one attached hydrogen (secondary N) is 1. The Kier molecular flexibility index (Phi) is 5.07. The van der Waals surface area contributed by atoms with E-state index in [1.165, 1.54) is 18.7 Å². The van der Waals surface area contributed by atoms with Crippen molar-refractivity contribution in [2.45, 2.75) is 18.4 Å². The third-order valence-electron chi connectivity index (χ3n) is 2.98. The number of sulfone groups is 1. The summed E-state index contributed by atoms with van der Waals surface area (Å²) in [7, 11) is -2.40. The van der Waals surface area contributed by atoms with Crippen molar-refractivity contribution in [3.63, 3.8) is 0 Å². The average molecular weight is 361 g/mol. The second kappa shape index (κ2) is 6.86. The van der Waals surface area contributed by atoms with Gasteiger partial charge in [-0.3, -0.25) is 10.1 Å². The van der Waals surface area contributed by atoms with Crippen LogP contribution in [0.1, 0.15) is 17.3 Å². The maximum atomic E-state index is 12.4. The predicted octanol–water partition coefficient (Wildman–Crippen LogP) is 0.857. The van der Waals surface area contributed by atoms with E-state index in [4.69, 9.17) is 0 Å². The van der Waals surface area contributed by atoms with Crippen LogP contribution < -0.4 is 10.1 Å². The molecule has 130 valence electrons. The molecule has 0 aliphatic heterocycles. The van der Waals surface area contributed by atoms with Gasteiger partial charge in [-0.15, -0.1) is 0 Å². The van der Waals surface area contributed by atoms with Crippen molar-refractivity contribution in [1.82, 2.24) is 20.2 Å². The molecular formula is C12H13F2N5O4S. The number of nitrogens with zero attached hydrogens (tertiary/aromatic N) is 4. The van der Waals surface area contributed by atoms with Gasteiger partial charge in [-0.25, -0.2) is 13.1 Å². The quantitative estimate of drug-likeness (QED) is 0.811. The number of tetrazole rings is 1. The molecule has 1 N–H and O–H groups in total. The maximum Gasteiger partial charge on any atom is 0.387 e. The smallest absolute Gasteiger partial charge is 0.387 e. The van der Waals surface area contributed by atoms with Gasteiger partial charge in [0, 0.05) is 12.6 Å². The summed E-state index contributed by atoms with van der Waals surface area (Å²) in [6.07, 6.45) is 0. The van der Waals surface area contributed by atoms with Gasteiger partial charge in [-0.1, -0.05) is 12.0 Å². The molecular weight excluding hydrogens is 348 g/mol. The zero-order valence-electron chi connectivity index (χ0n) is 12.6. The van der Waals surface area contributed by atoms with Crippen molar-refractivity contribution >= 4 is 21.7 Å². The van der Waals surface area contributed by atoms with Crippen molar-refractivity contribution in [3.05, 3.63) is 23.8 Å². The van der Waals surface area contributed by atoms with Crippen LogP contribution in [0, 0.1) is 0 Å². The lowest BCUT2D eigenvalue weighted by Gasteiger charge is -2.12. The third kappa shape index (κ3) is 3.82. The maximum absolute atomic E-state index is 12.4. The van der Waals surface area contributed by atoms with E-state index in [0.29, 0.717) is 0 Å². The molecule has 1 amide bonds. The van der Waals surface area contributed by atoms with Gasteiger partial charge in [-0.2, -0.15) is 8.78 Å². The summed E-state index contributed by atoms with van der Waals surface area (Å²) in [4.78, 5) is 11.7. The van der Waals surface area contributed by atoms with Gasteiger partial charge in [0.1, 0.15) is 10.6 Å². The van der Waals surface area contributed by atoms with Crippen LogP contribution in [-0.4, -0.2) is 46.9 Å². The fourth-order valence-corrected chi connectivity index (χ4v) is 2.79. The molecule has 0 saturated heterocycles. The number of rotatable bonds is 6. The first-order valence-electron chi connectivity index (χ1n) is 6.60. The van der Waals surface area contributed by atoms with Gasteiger partial charge in [0.2, 0.25) is 5.95 Å². The number of aromatic nitrogens is 4. The van der Waals surface area contributed by atoms with Crippen molar-refractivity contribution in [2.24, 2.45) is 7.05 Å². The van der Waals surface area contributed by atoms with Crippen LogP contribution >= 0.6 is 0 Å². The third-order valence-corrected chi connectivity index (χ3v) is 4.73. The number of amides is 1. The van der Waals surface area contributed by atoms with E-state index in [1.807, 2.05) is 0 Å². The van der Waals surface area contributed by atoms with Crippen LogP contribution in [0.2, 0.25) is 0 Å². The first-order chi connectivity index (χ1) is 11.2. The molecule has 0 saturated carbocycles. The molecule has 12 heteroatoms. The Labute approximate surface area is 135 Å². The van der Waals surface area contributed by atoms with Crippen molar-refractivity contribution < 1.29 is 26.7 Å². The van der Waals surface area contributed by atoms with Crippen molar-refractivity contribution in [1.29, 1.82) is 0 Å². The molecule has 2 rings (SSSR count). The van der Waals surface area contributed by atoms with Crippen LogP contribution in [0.25, 0.3) is 0 Å². The summed E-state index contributed by atoms with van der Waals surface area (Å²) >= 11 is 0. The molecule has 1 aromatic heterocycles. The van der Waals surface area contributed by atoms with Gasteiger partial charge < -0.3 is 4.74 Å². The Bertz CT molecular complexity index is 853. The van der Waals surface area contributed by atoms with E-state index in [2.05, 4.69) is 25.6 Å². The lowest BCUT2D eigenvalue weighted by Crippen LogP contribution is -2.17. The first kappa shape index (κ1) is 17.7. The molecule has 0 bridgehead atoms. The molecule has 0 aliphatic carbocycles. The summed E-state index contributed by atoms with van der Waals surface area (Å²) in [5.74, 6) is -1.54. The fraction of sp³-hybridized carbons (Fsp3) is 0.333. The Hall–Kier alpha value is -2.63. The zero-order chi connectivity index (χ0) is 17.9. The summed E-state index contributed by atoms with van der Waals surface area (Å²) in [6, 6.07) is 3.12. The lowest BCUT2D eigenvalue weighted by atomic mass is 10.2. The lowest BCUT2D eigenvalue weighted by molar-refractivity contribution is -0.0517. The van der Waals surface area contributed by atoms with E-state index in [-0.39, 0.29) is 17.3 Å². The second-order valence-corrected chi connectivity index (χ2v) is 6.77. The number of carbonyl (C=O) groups is 1. The fourth-order valence-electron chi connectivity index (χ4n) is 1.75. The van der Waals surface area contributed by atoms with Crippen molar-refractivity contribution in [2.75, 3.05) is 11.1 Å². The Morgan fingerprint density at radius 3 is 2.67 bits per heavy atom. The van der Waals surface area contributed by atoms with E-state index in [9.17, 15) is 22.0 Å². The highest BCUT2D eigenvalue weighted by Gasteiger charge is 2.22. The normalized spacial score (nSPS) is 11.5. The molecule has 2 aromatic rings. The summed E-state index contributed by atoms with van der Waals surface area (Å²) in [6.45, 7) is -1.85. The molecule has 1 aromatic carbocycles. The topological polar surface area (TPSA) is 116 Å². The molecule has 1 heterocycles. The first-order valence-corrected chi connectivity index (χ1v) is 8.25. The standard InChI is InChI=1S/C12H13F2N5O4S/c1-3-24(21,22)9-6-7(4-5-8(9)23-11(13)14)10(20)15-12-16-17-18-19(12)2/h4-6,11H,3H2,1-2H3,(H,15,16,18,20). The van der Waals surface area contributed by atoms with E-state index in [0.717, 1.165) is 18.2 Å². The van der Waals surface area contributed by atoms with Gasteiger partial charge in [-0.05, 0) is 28.6 Å². The van der Waals surface area contributed by atoms with Gasteiger partial charge in [0.15, 0.2) is 9.84 Å². The minimum Gasteiger partial charge on any atom is -0.433 e. The second-order valence-electron chi connectivity index (χ2n) is 4.52. The number of benzene rings is 1. The van der Waals surface area contributed by atoms with Gasteiger partial charge in [0.25, 0.3) is 5.91 Å². The summed E-state index contributed by atoms with van der Waals surface area (Å²) < 4.78 is 54.4. The summed E-state index contributed by atoms with van der Waals surface area (Å²) in [5, 5.41) is 12.8. The SMILES string of the molecule is CCS(=O)(=O)c1cc(C(=O)Nc2nnnn2C)ccc1OC(F)F. The number of hydrogen-bond donors (Lipinski definition) is 1. The van der Waals surface area contributed by atoms with E-state index < -0.39 is 33.0 Å². The molecule has 0 unspecified atom stereocenters. The highest BCUT2D eigenvalue weighted by atomic mass is 32.2. The summed E-state index contributed by atoms with van der Waals surface area (Å²) in [5.41, 5.74) is -0.0772.